The number of halogens is 2. The molecule has 0 aromatic heterocycles. The summed E-state index contributed by atoms with van der Waals surface area (Å²) in [6, 6.07) is 6.89. The largest absolute Gasteiger partial charge is 0.508 e. The molecule has 6 aliphatic rings. The minimum Gasteiger partial charge on any atom is -0.508 e. The summed E-state index contributed by atoms with van der Waals surface area (Å²) in [4.78, 5) is 136. The number of carbonyl (C=O) groups excluding carboxylic acids is 9. The highest BCUT2D eigenvalue weighted by molar-refractivity contribution is 6.32. The predicted molar refractivity (Wildman–Crippen MR) is 384 cm³/mol. The number of hydrogen-bond acceptors (Lipinski definition) is 22. The number of imide groups is 1. The minimum atomic E-state index is -2.19. The summed E-state index contributed by atoms with van der Waals surface area (Å²) in [6.45, 7) is 11.9. The fourth-order valence-corrected chi connectivity index (χ4v) is 14.1. The zero-order chi connectivity index (χ0) is 77.3. The topological polar surface area (TPSA) is 433 Å². The number of fused-ring (bicyclic) bond motifs is 15. The molecule has 27 nitrogen and oxygen atoms in total. The average Bonchev–Trinajstić information content (AvgIpc) is 0.764. The number of Topliss-reactive ketones (excluding diaryl/α,β-unsaturated/α-hetero) is 3. The van der Waals surface area contributed by atoms with Gasteiger partial charge < -0.3 is 86.2 Å². The van der Waals surface area contributed by atoms with Crippen LogP contribution in [-0.4, -0.2) is 148 Å². The number of aromatic hydroxyl groups is 3. The van der Waals surface area contributed by atoms with Crippen molar-refractivity contribution in [3.8, 4) is 57.1 Å². The Bertz CT molecular complexity index is 4120. The molecule has 5 aromatic rings. The number of benzene rings is 5. The van der Waals surface area contributed by atoms with Crippen molar-refractivity contribution in [3.05, 3.63) is 117 Å². The predicted octanol–water partition coefficient (Wildman–Crippen LogP) is 8.50. The van der Waals surface area contributed by atoms with Crippen LogP contribution in [0.15, 0.2) is 78.9 Å². The molecule has 14 atom stereocenters. The van der Waals surface area contributed by atoms with Crippen LogP contribution in [0.5, 0.6) is 46.0 Å². The maximum Gasteiger partial charge on any atom is 0.246 e. The van der Waals surface area contributed by atoms with Crippen LogP contribution in [0.3, 0.4) is 0 Å². The summed E-state index contributed by atoms with van der Waals surface area (Å²) in [5, 5.41) is 116. The van der Waals surface area contributed by atoms with Crippen LogP contribution in [0.25, 0.3) is 11.1 Å². The molecule has 1 fully saturated rings. The van der Waals surface area contributed by atoms with Gasteiger partial charge in [-0.25, -0.2) is 0 Å². The van der Waals surface area contributed by atoms with Crippen LogP contribution >= 0.6 is 23.2 Å². The van der Waals surface area contributed by atoms with Gasteiger partial charge in [-0.05, 0) is 113 Å². The third-order valence-corrected chi connectivity index (χ3v) is 19.9. The first kappa shape index (κ1) is 81.3. The van der Waals surface area contributed by atoms with E-state index in [1.54, 1.807) is 27.7 Å². The highest BCUT2D eigenvalue weighted by Crippen LogP contribution is 2.50. The molecular formula is C77H93Cl2N5O22. The van der Waals surface area contributed by atoms with Crippen molar-refractivity contribution >= 4 is 76.0 Å². The van der Waals surface area contributed by atoms with Crippen LogP contribution in [0.4, 0.5) is 0 Å². The number of aliphatic hydroxyl groups excluding tert-OH is 6. The van der Waals surface area contributed by atoms with Crippen LogP contribution in [-0.2, 0) is 47.9 Å². The zero-order valence-corrected chi connectivity index (χ0v) is 61.4. The molecule has 11 rings (SSSR count). The molecule has 0 saturated carbocycles. The fourth-order valence-electron chi connectivity index (χ4n) is 13.6. The van der Waals surface area contributed by atoms with Gasteiger partial charge in [0.25, 0.3) is 0 Å². The Morgan fingerprint density at radius 2 is 1.27 bits per heavy atom. The molecular weight excluding hydrogens is 1420 g/mol. The van der Waals surface area contributed by atoms with E-state index in [-0.39, 0.29) is 79.2 Å². The smallest absolute Gasteiger partial charge is 0.246 e. The van der Waals surface area contributed by atoms with Crippen molar-refractivity contribution in [1.82, 2.24) is 26.6 Å². The lowest BCUT2D eigenvalue weighted by molar-refractivity contribution is -0.277. The zero-order valence-electron chi connectivity index (χ0n) is 59.9. The molecule has 6 aliphatic heterocycles. The van der Waals surface area contributed by atoms with E-state index in [2.05, 4.69) is 33.5 Å². The third-order valence-electron chi connectivity index (χ3n) is 19.3. The summed E-state index contributed by atoms with van der Waals surface area (Å²) in [5.41, 5.74) is -2.48. The van der Waals surface area contributed by atoms with Crippen LogP contribution in [0, 0.1) is 23.2 Å². The van der Waals surface area contributed by atoms with Crippen molar-refractivity contribution < 1.29 is 108 Å². The van der Waals surface area contributed by atoms with Crippen molar-refractivity contribution in [2.75, 3.05) is 6.61 Å². The number of amides is 6. The quantitative estimate of drug-likeness (QED) is 0.0325. The minimum absolute atomic E-state index is 0.0203. The van der Waals surface area contributed by atoms with Crippen molar-refractivity contribution in [2.45, 2.75) is 211 Å². The summed E-state index contributed by atoms with van der Waals surface area (Å²) in [6.07, 6.45) is -10.7. The third kappa shape index (κ3) is 19.5. The molecule has 572 valence electrons. The van der Waals surface area contributed by atoms with Gasteiger partial charge in [-0.1, -0.05) is 128 Å². The van der Waals surface area contributed by atoms with E-state index in [1.165, 1.54) is 42.5 Å². The number of aliphatic hydroxyl groups is 6. The van der Waals surface area contributed by atoms with Crippen LogP contribution < -0.4 is 40.8 Å². The summed E-state index contributed by atoms with van der Waals surface area (Å²) < 4.78 is 25.4. The van der Waals surface area contributed by atoms with Crippen LogP contribution in [0.2, 0.25) is 10.0 Å². The van der Waals surface area contributed by atoms with E-state index in [0.29, 0.717) is 25.7 Å². The number of ketones is 3. The van der Waals surface area contributed by atoms with Gasteiger partial charge in [0, 0.05) is 55.2 Å². The summed E-state index contributed by atoms with van der Waals surface area (Å²) >= 11 is 14.2. The Morgan fingerprint density at radius 1 is 0.651 bits per heavy atom. The van der Waals surface area contributed by atoms with Gasteiger partial charge in [0.05, 0.1) is 28.5 Å². The van der Waals surface area contributed by atoms with Gasteiger partial charge in [-0.15, -0.1) is 0 Å². The Morgan fingerprint density at radius 3 is 1.88 bits per heavy atom. The maximum absolute atomic E-state index is 16.3. The number of carbonyl (C=O) groups is 9. The Hall–Kier alpha value is -8.77. The molecule has 1 saturated heterocycles. The molecule has 106 heavy (non-hydrogen) atoms. The molecule has 0 unspecified atom stereocenters. The molecule has 0 radical (unpaired) electrons. The van der Waals surface area contributed by atoms with E-state index >= 15 is 24.0 Å². The fraction of sp³-hybridized carbons (Fsp3) is 0.494. The first-order valence-corrected chi connectivity index (χ1v) is 36.4. The molecule has 6 amide bonds. The van der Waals surface area contributed by atoms with Gasteiger partial charge in [-0.2, -0.15) is 0 Å². The van der Waals surface area contributed by atoms with E-state index < -0.39 is 203 Å². The number of unbranched alkanes of at least 4 members (excludes halogenated alkanes) is 6. The summed E-state index contributed by atoms with van der Waals surface area (Å²) in [5.74, 6) is -17.9. The van der Waals surface area contributed by atoms with Gasteiger partial charge in [-0.3, -0.25) is 48.5 Å². The lowest BCUT2D eigenvalue weighted by Gasteiger charge is -2.39. The van der Waals surface area contributed by atoms with E-state index in [9.17, 15) is 65.1 Å². The maximum atomic E-state index is 16.3. The van der Waals surface area contributed by atoms with Gasteiger partial charge >= 0.3 is 0 Å². The normalized spacial score (nSPS) is 24.5. The summed E-state index contributed by atoms with van der Waals surface area (Å²) in [7, 11) is 0. The molecule has 6 heterocycles. The molecule has 0 spiro atoms. The first-order chi connectivity index (χ1) is 50.2. The molecule has 5 aromatic carbocycles. The number of phenols is 3. The standard InChI is InChI=1S/C77H93Cl2N5O22/c1-8-10-11-12-13-14-15-16-59(92)80-60(93)30-42-27-51(89)64(83-72(99)37(9-2)23-36(3)4)66(94)39-18-21-54(47(78)25-39)103-56-28-41-29-57(71(56)106-76-70(98)69(97)68(96)58(35-85)105-76)104-55-22-19-40(26-48(55)79)67(95)65-75(102)82-63(53(91)34-77(5,6)7)46-31-43(86)32-50(88)61(46)45-24-38(17-20-49(45)87)44(74(101)84-65)33-52(90)62(41)81-73(42)100/h17-22,24-26,28-29,31-32,36-37,42,44,58,62-70,76,85-88,94-98H,8-16,23,27,30,33-35H2,1-7H3,(H,81,100)(H,82,102)(H,83,99)(H,84,101)(H,80,92,93)/t37-,42+,44-,58-,62-,63+,64+,65+,66-,67-,68-,69+,70-,76+/m1/s1. The molecule has 14 N–H and O–H groups in total. The lowest BCUT2D eigenvalue weighted by Crippen LogP contribution is -2.60. The SMILES string of the molecule is CCCCCCCCCC(=O)NC(=O)C[C@@H]1CC(=O)[C@H](NC(=O)[C@H](CC)CC(C)C)[C@H](O)c2ccc(c(Cl)c2)Oc2cc3cc(c2O[C@@H]2O[C@H](CO)[C@@H](O)[C@H](O)[C@H]2O)Oc2ccc(cc2Cl)[C@@H](O)[C@@H]2NC(=O)[C@H](CC(=O)[C@@H]3NC1=O)c1ccc(O)c(c1)-c1c(O)cc(O)cc1[C@@H](C(=O)CC(C)(C)C)NC2=O. The highest BCUT2D eigenvalue weighted by Gasteiger charge is 2.47. The Balaban J connectivity index is 1.30. The number of ether oxygens (including phenoxy) is 4. The second-order valence-corrected chi connectivity index (χ2v) is 30.1. The van der Waals surface area contributed by atoms with Gasteiger partial charge in [0.1, 0.15) is 89.5 Å². The number of hydrogen-bond donors (Lipinski definition) is 14. The van der Waals surface area contributed by atoms with Crippen LogP contribution in [0.1, 0.15) is 196 Å². The van der Waals surface area contributed by atoms with E-state index in [0.717, 1.165) is 68.5 Å². The Kier molecular flexibility index (Phi) is 27.1. The van der Waals surface area contributed by atoms with Crippen molar-refractivity contribution in [3.63, 3.8) is 0 Å². The first-order valence-electron chi connectivity index (χ1n) is 35.7. The monoisotopic (exact) mass is 1510 g/mol. The van der Waals surface area contributed by atoms with Gasteiger partial charge in [0.2, 0.25) is 47.5 Å². The highest BCUT2D eigenvalue weighted by atomic mass is 35.5. The number of rotatable bonds is 20. The van der Waals surface area contributed by atoms with E-state index in [4.69, 9.17) is 42.1 Å². The van der Waals surface area contributed by atoms with Crippen molar-refractivity contribution in [2.24, 2.45) is 23.2 Å². The van der Waals surface area contributed by atoms with Gasteiger partial charge in [0.15, 0.2) is 28.8 Å². The number of nitrogens with one attached hydrogen (secondary N) is 5. The second kappa shape index (κ2) is 35.3. The Labute approximate surface area is 622 Å². The molecule has 29 heteroatoms. The lowest BCUT2D eigenvalue weighted by atomic mass is 9.82. The van der Waals surface area contributed by atoms with E-state index in [1.807, 2.05) is 13.8 Å². The average molecular weight is 1510 g/mol. The van der Waals surface area contributed by atoms with Crippen molar-refractivity contribution in [1.29, 1.82) is 0 Å². The molecule has 11 bridgehead atoms. The molecule has 0 aliphatic carbocycles. The number of phenolic OH excluding ortho intramolecular Hbond substituents is 3. The second-order valence-electron chi connectivity index (χ2n) is 29.3.